The molecule has 0 aliphatic carbocycles. The Morgan fingerprint density at radius 3 is 2.88 bits per heavy atom. The summed E-state index contributed by atoms with van der Waals surface area (Å²) < 4.78 is 0. The second-order valence-electron chi connectivity index (χ2n) is 3.45. The Kier molecular flexibility index (Phi) is 4.06. The molecule has 1 amide bonds. The zero-order valence-electron chi connectivity index (χ0n) is 8.90. The third-order valence-electron chi connectivity index (χ3n) is 2.10. The third-order valence-corrected chi connectivity index (χ3v) is 2.10. The van der Waals surface area contributed by atoms with Crippen molar-refractivity contribution in [2.75, 3.05) is 5.32 Å². The smallest absolute Gasteiger partial charge is 0.228 e. The highest BCUT2D eigenvalue weighted by molar-refractivity contribution is 5.92. The monoisotopic (exact) mass is 213 g/mol. The van der Waals surface area contributed by atoms with Crippen molar-refractivity contribution in [3.63, 3.8) is 0 Å². The molecule has 1 N–H and O–H groups in total. The number of hydrogen-bond acceptors (Lipinski definition) is 3. The van der Waals surface area contributed by atoms with E-state index in [4.69, 9.17) is 10.5 Å². The van der Waals surface area contributed by atoms with Crippen molar-refractivity contribution in [1.29, 1.82) is 10.5 Å². The van der Waals surface area contributed by atoms with E-state index in [1.54, 1.807) is 31.2 Å². The van der Waals surface area contributed by atoms with Crippen molar-refractivity contribution in [2.24, 2.45) is 5.92 Å². The van der Waals surface area contributed by atoms with Crippen LogP contribution in [0.25, 0.3) is 0 Å². The van der Waals surface area contributed by atoms with E-state index in [2.05, 4.69) is 5.32 Å². The van der Waals surface area contributed by atoms with E-state index < -0.39 is 0 Å². The second-order valence-corrected chi connectivity index (χ2v) is 3.45. The molecular weight excluding hydrogens is 202 g/mol. The van der Waals surface area contributed by atoms with Crippen LogP contribution in [-0.2, 0) is 4.79 Å². The van der Waals surface area contributed by atoms with Crippen LogP contribution in [0.15, 0.2) is 24.3 Å². The Labute approximate surface area is 94.1 Å². The predicted molar refractivity (Wildman–Crippen MR) is 59.2 cm³/mol. The first-order valence-electron chi connectivity index (χ1n) is 4.85. The minimum atomic E-state index is -0.351. The van der Waals surface area contributed by atoms with E-state index in [1.165, 1.54) is 0 Å². The van der Waals surface area contributed by atoms with Crippen LogP contribution in [0.5, 0.6) is 0 Å². The Morgan fingerprint density at radius 2 is 2.25 bits per heavy atom. The van der Waals surface area contributed by atoms with Crippen LogP contribution in [0.3, 0.4) is 0 Å². The van der Waals surface area contributed by atoms with Crippen molar-refractivity contribution in [3.8, 4) is 12.1 Å². The lowest BCUT2D eigenvalue weighted by molar-refractivity contribution is -0.119. The molecule has 0 saturated heterocycles. The van der Waals surface area contributed by atoms with Gasteiger partial charge in [-0.3, -0.25) is 4.79 Å². The summed E-state index contributed by atoms with van der Waals surface area (Å²) in [7, 11) is 0. The van der Waals surface area contributed by atoms with Crippen LogP contribution in [-0.4, -0.2) is 5.91 Å². The first-order chi connectivity index (χ1) is 7.67. The molecule has 0 fully saturated rings. The molecule has 1 unspecified atom stereocenters. The molecule has 0 aliphatic heterocycles. The van der Waals surface area contributed by atoms with Crippen molar-refractivity contribution in [3.05, 3.63) is 29.8 Å². The number of hydrogen-bond donors (Lipinski definition) is 1. The molecule has 1 aromatic rings. The van der Waals surface area contributed by atoms with Gasteiger partial charge in [-0.05, 0) is 18.2 Å². The lowest BCUT2D eigenvalue weighted by atomic mass is 10.1. The zero-order valence-corrected chi connectivity index (χ0v) is 8.90. The number of rotatable bonds is 3. The van der Waals surface area contributed by atoms with Gasteiger partial charge < -0.3 is 5.32 Å². The molecule has 0 radical (unpaired) electrons. The molecule has 1 rings (SSSR count). The fourth-order valence-electron chi connectivity index (χ4n) is 1.16. The molecule has 0 bridgehead atoms. The van der Waals surface area contributed by atoms with Crippen LogP contribution in [0.4, 0.5) is 5.69 Å². The maximum absolute atomic E-state index is 11.6. The van der Waals surface area contributed by atoms with Gasteiger partial charge in [0.25, 0.3) is 0 Å². The second kappa shape index (κ2) is 5.53. The molecule has 0 heterocycles. The lowest BCUT2D eigenvalue weighted by Gasteiger charge is -2.08. The Bertz CT molecular complexity index is 468. The van der Waals surface area contributed by atoms with E-state index in [1.807, 2.05) is 12.1 Å². The molecule has 1 atom stereocenters. The van der Waals surface area contributed by atoms with Crippen molar-refractivity contribution >= 4 is 11.6 Å². The quantitative estimate of drug-likeness (QED) is 0.834. The van der Waals surface area contributed by atoms with Crippen LogP contribution >= 0.6 is 0 Å². The summed E-state index contributed by atoms with van der Waals surface area (Å²) in [5.41, 5.74) is 1.07. The number of nitrogens with zero attached hydrogens (tertiary/aromatic N) is 2. The third kappa shape index (κ3) is 3.11. The first-order valence-corrected chi connectivity index (χ1v) is 4.85. The SMILES string of the molecule is CC(CC#N)C(=O)Nc1cccc(C#N)c1. The first kappa shape index (κ1) is 11.7. The number of anilines is 1. The maximum Gasteiger partial charge on any atom is 0.228 e. The normalized spacial score (nSPS) is 10.9. The van der Waals surface area contributed by atoms with E-state index >= 15 is 0 Å². The Hall–Kier alpha value is -2.33. The van der Waals surface area contributed by atoms with Crippen LogP contribution in [0.1, 0.15) is 18.9 Å². The van der Waals surface area contributed by atoms with E-state index in [9.17, 15) is 4.79 Å². The fraction of sp³-hybridized carbons (Fsp3) is 0.250. The number of carbonyl (C=O) groups is 1. The van der Waals surface area contributed by atoms with E-state index in [-0.39, 0.29) is 18.2 Å². The van der Waals surface area contributed by atoms with E-state index in [0.717, 1.165) is 0 Å². The lowest BCUT2D eigenvalue weighted by Crippen LogP contribution is -2.19. The van der Waals surface area contributed by atoms with Crippen LogP contribution in [0.2, 0.25) is 0 Å². The summed E-state index contributed by atoms with van der Waals surface area (Å²) >= 11 is 0. The number of nitrogens with one attached hydrogen (secondary N) is 1. The minimum Gasteiger partial charge on any atom is -0.326 e. The molecule has 0 saturated carbocycles. The van der Waals surface area contributed by atoms with Gasteiger partial charge in [0.05, 0.1) is 17.7 Å². The molecule has 4 heteroatoms. The molecule has 0 aromatic heterocycles. The molecule has 4 nitrogen and oxygen atoms in total. The highest BCUT2D eigenvalue weighted by Gasteiger charge is 2.12. The van der Waals surface area contributed by atoms with E-state index in [0.29, 0.717) is 11.3 Å². The standard InChI is InChI=1S/C12H11N3O/c1-9(5-6-13)12(16)15-11-4-2-3-10(7-11)8-14/h2-4,7,9H,5H2,1H3,(H,15,16). The molecule has 0 aliphatic rings. The van der Waals surface area contributed by atoms with Gasteiger partial charge in [0, 0.05) is 18.0 Å². The Balaban J connectivity index is 2.71. The van der Waals surface area contributed by atoms with Crippen LogP contribution < -0.4 is 5.32 Å². The van der Waals surface area contributed by atoms with Crippen LogP contribution in [0, 0.1) is 28.6 Å². The van der Waals surface area contributed by atoms with Gasteiger partial charge in [-0.25, -0.2) is 0 Å². The maximum atomic E-state index is 11.6. The average molecular weight is 213 g/mol. The van der Waals surface area contributed by atoms with Crippen molar-refractivity contribution in [2.45, 2.75) is 13.3 Å². The summed E-state index contributed by atoms with van der Waals surface area (Å²) in [6.07, 6.45) is 0.184. The number of amides is 1. The molecule has 80 valence electrons. The average Bonchev–Trinajstić information content (AvgIpc) is 2.29. The zero-order chi connectivity index (χ0) is 12.0. The van der Waals surface area contributed by atoms with Crippen molar-refractivity contribution < 1.29 is 4.79 Å². The van der Waals surface area contributed by atoms with Gasteiger partial charge in [0.15, 0.2) is 0 Å². The Morgan fingerprint density at radius 1 is 1.50 bits per heavy atom. The fourth-order valence-corrected chi connectivity index (χ4v) is 1.16. The van der Waals surface area contributed by atoms with Crippen molar-refractivity contribution in [1.82, 2.24) is 0 Å². The number of nitriles is 2. The van der Waals surface area contributed by atoms with Gasteiger partial charge in [-0.2, -0.15) is 10.5 Å². The van der Waals surface area contributed by atoms with Gasteiger partial charge in [-0.1, -0.05) is 13.0 Å². The topological polar surface area (TPSA) is 76.7 Å². The van der Waals surface area contributed by atoms with Gasteiger partial charge in [0.1, 0.15) is 0 Å². The molecule has 16 heavy (non-hydrogen) atoms. The largest absolute Gasteiger partial charge is 0.326 e. The summed E-state index contributed by atoms with van der Waals surface area (Å²) in [4.78, 5) is 11.6. The highest BCUT2D eigenvalue weighted by atomic mass is 16.1. The molecule has 1 aromatic carbocycles. The molecular formula is C12H11N3O. The van der Waals surface area contributed by atoms with Gasteiger partial charge in [-0.15, -0.1) is 0 Å². The summed E-state index contributed by atoms with van der Waals surface area (Å²) in [6.45, 7) is 1.69. The predicted octanol–water partition coefficient (Wildman–Crippen LogP) is 2.05. The van der Waals surface area contributed by atoms with Gasteiger partial charge >= 0.3 is 0 Å². The molecule has 0 spiro atoms. The number of benzene rings is 1. The van der Waals surface area contributed by atoms with Gasteiger partial charge in [0.2, 0.25) is 5.91 Å². The minimum absolute atomic E-state index is 0.184. The highest BCUT2D eigenvalue weighted by Crippen LogP contribution is 2.12. The summed E-state index contributed by atoms with van der Waals surface area (Å²) in [5, 5.41) is 19.8. The number of carbonyl (C=O) groups excluding carboxylic acids is 1. The summed E-state index contributed by atoms with van der Waals surface area (Å²) in [5.74, 6) is -0.563. The summed E-state index contributed by atoms with van der Waals surface area (Å²) in [6, 6.07) is 10.6.